The molecule has 30 heavy (non-hydrogen) atoms. The molecule has 2 heterocycles. The molecule has 4 rings (SSSR count). The molecule has 4 aromatic rings. The first-order valence-electron chi connectivity index (χ1n) is 8.75. The Balaban J connectivity index is 2.20. The Morgan fingerprint density at radius 1 is 0.967 bits per heavy atom. The monoisotopic (exact) mass is 475 g/mol. The molecule has 2 aromatic heterocycles. The summed E-state index contributed by atoms with van der Waals surface area (Å²) in [6, 6.07) is 14.4. The van der Waals surface area contributed by atoms with E-state index in [9.17, 15) is 22.8 Å². The number of ether oxygens (including phenoxy) is 1. The van der Waals surface area contributed by atoms with E-state index in [1.165, 1.54) is 24.4 Å². The van der Waals surface area contributed by atoms with Crippen LogP contribution in [0, 0.1) is 0 Å². The number of methoxy groups -OCH3 is 1. The second-order valence-electron chi connectivity index (χ2n) is 6.55. The summed E-state index contributed by atoms with van der Waals surface area (Å²) >= 11 is 3.26. The van der Waals surface area contributed by atoms with Gasteiger partial charge in [0, 0.05) is 21.6 Å². The Labute approximate surface area is 177 Å². The summed E-state index contributed by atoms with van der Waals surface area (Å²) in [6.45, 7) is 0. The number of aromatic nitrogens is 1. The van der Waals surface area contributed by atoms with Crippen molar-refractivity contribution < 1.29 is 27.5 Å². The maximum absolute atomic E-state index is 14.1. The minimum absolute atomic E-state index is 0.00810. The Morgan fingerprint density at radius 3 is 2.27 bits per heavy atom. The van der Waals surface area contributed by atoms with E-state index in [1.807, 2.05) is 0 Å². The number of benzene rings is 2. The number of ketones is 1. The third-order valence-corrected chi connectivity index (χ3v) is 5.34. The van der Waals surface area contributed by atoms with Gasteiger partial charge >= 0.3 is 12.1 Å². The van der Waals surface area contributed by atoms with Crippen molar-refractivity contribution in [3.63, 3.8) is 0 Å². The van der Waals surface area contributed by atoms with Crippen LogP contribution in [0.3, 0.4) is 0 Å². The summed E-state index contributed by atoms with van der Waals surface area (Å²) in [5, 5.41) is 1.05. The minimum Gasteiger partial charge on any atom is -0.465 e. The molecular formula is C22H13BrF3NO3. The van der Waals surface area contributed by atoms with Crippen LogP contribution in [0.25, 0.3) is 16.3 Å². The van der Waals surface area contributed by atoms with Gasteiger partial charge in [-0.3, -0.25) is 4.79 Å². The van der Waals surface area contributed by atoms with E-state index in [0.29, 0.717) is 15.2 Å². The predicted octanol–water partition coefficient (Wildman–Crippen LogP) is 5.89. The molecule has 0 N–H and O–H groups in total. The first-order chi connectivity index (χ1) is 14.2. The van der Waals surface area contributed by atoms with Crippen molar-refractivity contribution in [2.45, 2.75) is 6.18 Å². The van der Waals surface area contributed by atoms with Crippen molar-refractivity contribution in [3.8, 4) is 0 Å². The molecule has 0 radical (unpaired) electrons. The molecule has 8 heteroatoms. The van der Waals surface area contributed by atoms with E-state index >= 15 is 0 Å². The number of carbonyl (C=O) groups is 2. The molecule has 0 aliphatic rings. The van der Waals surface area contributed by atoms with Gasteiger partial charge in [-0.25, -0.2) is 4.79 Å². The molecule has 4 nitrogen and oxygen atoms in total. The summed E-state index contributed by atoms with van der Waals surface area (Å²) in [5.41, 5.74) is -2.22. The maximum Gasteiger partial charge on any atom is 0.432 e. The fourth-order valence-electron chi connectivity index (χ4n) is 3.56. The lowest BCUT2D eigenvalue weighted by atomic mass is 9.97. The van der Waals surface area contributed by atoms with Crippen LogP contribution in [0.4, 0.5) is 13.2 Å². The molecule has 0 atom stereocenters. The highest BCUT2D eigenvalue weighted by molar-refractivity contribution is 9.10. The number of pyridine rings is 1. The van der Waals surface area contributed by atoms with E-state index in [2.05, 4.69) is 20.7 Å². The molecule has 2 aromatic carbocycles. The molecule has 0 saturated carbocycles. The number of rotatable bonds is 3. The molecular weight excluding hydrogens is 463 g/mol. The van der Waals surface area contributed by atoms with Crippen LogP contribution < -0.4 is 0 Å². The van der Waals surface area contributed by atoms with Crippen LogP contribution >= 0.6 is 15.9 Å². The summed E-state index contributed by atoms with van der Waals surface area (Å²) < 4.78 is 48.4. The van der Waals surface area contributed by atoms with Gasteiger partial charge in [0.05, 0.1) is 18.2 Å². The van der Waals surface area contributed by atoms with Crippen LogP contribution in [0.5, 0.6) is 0 Å². The third-order valence-electron chi connectivity index (χ3n) is 4.82. The number of carbonyl (C=O) groups excluding carboxylic acids is 2. The first kappa shape index (κ1) is 20.2. The zero-order valence-electron chi connectivity index (χ0n) is 15.5. The number of halogens is 4. The zero-order valence-corrected chi connectivity index (χ0v) is 17.0. The average molecular weight is 476 g/mol. The van der Waals surface area contributed by atoms with Gasteiger partial charge in [-0.05, 0) is 35.7 Å². The fraction of sp³-hybridized carbons (Fsp3) is 0.0909. The van der Waals surface area contributed by atoms with Crippen molar-refractivity contribution >= 4 is 44.0 Å². The second kappa shape index (κ2) is 7.28. The van der Waals surface area contributed by atoms with Gasteiger partial charge in [0.2, 0.25) is 0 Å². The Morgan fingerprint density at radius 2 is 1.63 bits per heavy atom. The highest BCUT2D eigenvalue weighted by Gasteiger charge is 2.43. The molecule has 0 saturated heterocycles. The molecule has 0 aliphatic carbocycles. The Hall–Kier alpha value is -3.13. The lowest BCUT2D eigenvalue weighted by Crippen LogP contribution is -2.17. The quantitative estimate of drug-likeness (QED) is 0.274. The van der Waals surface area contributed by atoms with Crippen molar-refractivity contribution in [1.82, 2.24) is 4.40 Å². The number of fused-ring (bicyclic) bond motifs is 3. The molecule has 0 aliphatic heterocycles. The topological polar surface area (TPSA) is 47.8 Å². The predicted molar refractivity (Wildman–Crippen MR) is 109 cm³/mol. The lowest BCUT2D eigenvalue weighted by Gasteiger charge is -2.10. The average Bonchev–Trinajstić information content (AvgIpc) is 3.09. The number of alkyl halides is 3. The maximum atomic E-state index is 14.1. The molecule has 0 bridgehead atoms. The minimum atomic E-state index is -4.90. The number of nitrogens with zero attached hydrogens (tertiary/aromatic N) is 1. The van der Waals surface area contributed by atoms with Crippen molar-refractivity contribution in [3.05, 3.63) is 87.7 Å². The van der Waals surface area contributed by atoms with Gasteiger partial charge < -0.3 is 9.14 Å². The lowest BCUT2D eigenvalue weighted by molar-refractivity contribution is -0.142. The highest BCUT2D eigenvalue weighted by atomic mass is 79.9. The number of esters is 1. The van der Waals surface area contributed by atoms with Gasteiger partial charge in [0.1, 0.15) is 11.3 Å². The van der Waals surface area contributed by atoms with Crippen molar-refractivity contribution in [2.75, 3.05) is 7.11 Å². The second-order valence-corrected chi connectivity index (χ2v) is 7.46. The smallest absolute Gasteiger partial charge is 0.432 e. The molecule has 0 unspecified atom stereocenters. The van der Waals surface area contributed by atoms with Crippen LogP contribution in [0.1, 0.15) is 32.0 Å². The normalized spacial score (nSPS) is 11.8. The molecule has 0 spiro atoms. The number of hydrogen-bond donors (Lipinski definition) is 0. The largest absolute Gasteiger partial charge is 0.465 e. The standard InChI is InChI=1S/C22H13BrF3NO3/c1-30-21(29)17-16(19(28)13-6-8-14(23)9-7-13)18-15-5-3-2-4-12(15)10-11-27(18)20(17)22(24,25)26/h2-11H,1H3. The first-order valence-corrected chi connectivity index (χ1v) is 9.55. The van der Waals surface area contributed by atoms with Gasteiger partial charge in [0.25, 0.3) is 0 Å². The van der Waals surface area contributed by atoms with Gasteiger partial charge in [-0.1, -0.05) is 40.2 Å². The van der Waals surface area contributed by atoms with Crippen LogP contribution in [-0.2, 0) is 10.9 Å². The summed E-state index contributed by atoms with van der Waals surface area (Å²) in [7, 11) is 0.983. The van der Waals surface area contributed by atoms with Crippen molar-refractivity contribution in [2.24, 2.45) is 0 Å². The van der Waals surface area contributed by atoms with Crippen LogP contribution in [0.2, 0.25) is 0 Å². The van der Waals surface area contributed by atoms with E-state index in [4.69, 9.17) is 0 Å². The highest BCUT2D eigenvalue weighted by Crippen LogP contribution is 2.40. The van der Waals surface area contributed by atoms with E-state index in [1.54, 1.807) is 36.4 Å². The SMILES string of the molecule is COC(=O)c1c(C(=O)c2ccc(Br)cc2)c2c3ccccc3ccn2c1C(F)(F)F. The van der Waals surface area contributed by atoms with E-state index < -0.39 is 29.2 Å². The van der Waals surface area contributed by atoms with Gasteiger partial charge in [-0.15, -0.1) is 0 Å². The third kappa shape index (κ3) is 3.17. The van der Waals surface area contributed by atoms with E-state index in [0.717, 1.165) is 11.5 Å². The van der Waals surface area contributed by atoms with Crippen molar-refractivity contribution in [1.29, 1.82) is 0 Å². The van der Waals surface area contributed by atoms with Gasteiger partial charge in [-0.2, -0.15) is 13.2 Å². The van der Waals surface area contributed by atoms with Crippen LogP contribution in [0.15, 0.2) is 65.3 Å². The Bertz CT molecular complexity index is 1310. The molecule has 0 fully saturated rings. The van der Waals surface area contributed by atoms with E-state index in [-0.39, 0.29) is 16.6 Å². The summed E-state index contributed by atoms with van der Waals surface area (Å²) in [4.78, 5) is 25.9. The number of hydrogen-bond acceptors (Lipinski definition) is 3. The summed E-state index contributed by atoms with van der Waals surface area (Å²) in [6.07, 6.45) is -3.68. The Kier molecular flexibility index (Phi) is 4.89. The fourth-order valence-corrected chi connectivity index (χ4v) is 3.83. The molecule has 152 valence electrons. The molecule has 0 amide bonds. The van der Waals surface area contributed by atoms with Gasteiger partial charge in [0.15, 0.2) is 5.78 Å². The zero-order chi connectivity index (χ0) is 21.6. The summed E-state index contributed by atoms with van der Waals surface area (Å²) in [5.74, 6) is -1.93. The van der Waals surface area contributed by atoms with Crippen LogP contribution in [-0.4, -0.2) is 23.3 Å².